The maximum atomic E-state index is 12.7. The number of nitrogens with zero attached hydrogens (tertiary/aromatic N) is 4. The van der Waals surface area contributed by atoms with E-state index in [0.717, 1.165) is 4.90 Å². The van der Waals surface area contributed by atoms with Crippen molar-refractivity contribution in [1.82, 2.24) is 14.4 Å². The number of hydrogen-bond acceptors (Lipinski definition) is 6. The van der Waals surface area contributed by atoms with Gasteiger partial charge in [0.15, 0.2) is 11.5 Å². The molecule has 136 valence electrons. The standard InChI is InChI=1S/C16H21BrN4O4/c1-15(2,3)24-13(22)21(14(23)25-16(4,5)6)12-11-18-7-8-20(11)9-10(17)19-12/h7-9H,1-6H3. The molecule has 25 heavy (non-hydrogen) atoms. The Morgan fingerprint density at radius 2 is 1.60 bits per heavy atom. The third kappa shape index (κ3) is 4.91. The number of halogens is 1. The molecule has 2 amide bonds. The van der Waals surface area contributed by atoms with E-state index in [2.05, 4.69) is 25.9 Å². The van der Waals surface area contributed by atoms with E-state index in [9.17, 15) is 9.59 Å². The summed E-state index contributed by atoms with van der Waals surface area (Å²) in [5.41, 5.74) is -1.27. The molecule has 0 saturated carbocycles. The molecule has 0 radical (unpaired) electrons. The molecule has 8 nitrogen and oxygen atoms in total. The molecule has 0 fully saturated rings. The minimum absolute atomic E-state index is 0.0166. The topological polar surface area (TPSA) is 86.0 Å². The predicted octanol–water partition coefficient (Wildman–Crippen LogP) is 4.17. The molecule has 0 spiro atoms. The van der Waals surface area contributed by atoms with Crippen molar-refractivity contribution in [3.63, 3.8) is 0 Å². The number of ether oxygens (including phenoxy) is 2. The summed E-state index contributed by atoms with van der Waals surface area (Å²) in [6.45, 7) is 10.2. The monoisotopic (exact) mass is 412 g/mol. The number of imide groups is 1. The number of amides is 2. The Kier molecular flexibility index (Phi) is 5.08. The normalized spacial score (nSPS) is 12.1. The fourth-order valence-corrected chi connectivity index (χ4v) is 2.29. The largest absolute Gasteiger partial charge is 0.443 e. The van der Waals surface area contributed by atoms with E-state index in [-0.39, 0.29) is 5.82 Å². The first-order chi connectivity index (χ1) is 11.4. The minimum Gasteiger partial charge on any atom is -0.443 e. The molecular formula is C16H21BrN4O4. The number of carbonyl (C=O) groups is 2. The summed E-state index contributed by atoms with van der Waals surface area (Å²) in [5.74, 6) is 0.0166. The van der Waals surface area contributed by atoms with E-state index in [0.29, 0.717) is 10.3 Å². The second-order valence-corrected chi connectivity index (χ2v) is 8.15. The Morgan fingerprint density at radius 3 is 2.08 bits per heavy atom. The lowest BCUT2D eigenvalue weighted by molar-refractivity contribution is 0.0429. The van der Waals surface area contributed by atoms with Crippen LogP contribution in [0.3, 0.4) is 0 Å². The molecule has 0 aliphatic heterocycles. The quantitative estimate of drug-likeness (QED) is 0.698. The van der Waals surface area contributed by atoms with Crippen molar-refractivity contribution in [2.24, 2.45) is 0 Å². The fraction of sp³-hybridized carbons (Fsp3) is 0.500. The van der Waals surface area contributed by atoms with Gasteiger partial charge in [-0.3, -0.25) is 0 Å². The zero-order valence-electron chi connectivity index (χ0n) is 15.0. The Balaban J connectivity index is 2.55. The highest BCUT2D eigenvalue weighted by atomic mass is 79.9. The first-order valence-corrected chi connectivity index (χ1v) is 8.42. The molecule has 0 aliphatic carbocycles. The van der Waals surface area contributed by atoms with E-state index < -0.39 is 23.4 Å². The summed E-state index contributed by atoms with van der Waals surface area (Å²) in [6.07, 6.45) is 3.09. The predicted molar refractivity (Wildman–Crippen MR) is 95.6 cm³/mol. The molecule has 0 N–H and O–H groups in total. The summed E-state index contributed by atoms with van der Waals surface area (Å²) in [5, 5.41) is 0. The third-order valence-corrected chi connectivity index (χ3v) is 3.07. The number of carbonyl (C=O) groups excluding carboxylic acids is 2. The van der Waals surface area contributed by atoms with Crippen LogP contribution in [0.15, 0.2) is 23.2 Å². The molecule has 0 atom stereocenters. The summed E-state index contributed by atoms with van der Waals surface area (Å²) >= 11 is 3.27. The van der Waals surface area contributed by atoms with Gasteiger partial charge in [-0.05, 0) is 57.5 Å². The van der Waals surface area contributed by atoms with Gasteiger partial charge in [-0.15, -0.1) is 0 Å². The average Bonchev–Trinajstić information content (AvgIpc) is 2.82. The van der Waals surface area contributed by atoms with Gasteiger partial charge in [-0.25, -0.2) is 19.6 Å². The number of aromatic nitrogens is 3. The lowest BCUT2D eigenvalue weighted by Gasteiger charge is -2.28. The summed E-state index contributed by atoms with van der Waals surface area (Å²) < 4.78 is 12.8. The Labute approximate surface area is 154 Å². The van der Waals surface area contributed by atoms with Crippen LogP contribution < -0.4 is 4.90 Å². The van der Waals surface area contributed by atoms with Crippen LogP contribution in [0.4, 0.5) is 15.4 Å². The zero-order valence-corrected chi connectivity index (χ0v) is 16.6. The van der Waals surface area contributed by atoms with Gasteiger partial charge in [0, 0.05) is 18.6 Å². The van der Waals surface area contributed by atoms with Crippen LogP contribution in [0, 0.1) is 0 Å². The SMILES string of the molecule is CC(C)(C)OC(=O)N(C(=O)OC(C)(C)C)c1nc(Br)cn2ccnc12. The van der Waals surface area contributed by atoms with Gasteiger partial charge in [0.1, 0.15) is 15.8 Å². The van der Waals surface area contributed by atoms with Crippen molar-refractivity contribution in [1.29, 1.82) is 0 Å². The number of hydrogen-bond donors (Lipinski definition) is 0. The molecule has 9 heteroatoms. The second kappa shape index (κ2) is 6.62. The Morgan fingerprint density at radius 1 is 1.08 bits per heavy atom. The van der Waals surface area contributed by atoms with Gasteiger partial charge in [-0.2, -0.15) is 4.90 Å². The van der Waals surface area contributed by atoms with Crippen LogP contribution in [-0.2, 0) is 9.47 Å². The first-order valence-electron chi connectivity index (χ1n) is 7.63. The molecule has 2 aromatic heterocycles. The van der Waals surface area contributed by atoms with Crippen molar-refractivity contribution >= 4 is 39.6 Å². The maximum Gasteiger partial charge on any atom is 0.425 e. The van der Waals surface area contributed by atoms with Crippen LogP contribution in [0.25, 0.3) is 5.65 Å². The van der Waals surface area contributed by atoms with Gasteiger partial charge in [0.2, 0.25) is 0 Å². The second-order valence-electron chi connectivity index (χ2n) is 7.34. The van der Waals surface area contributed by atoms with Crippen molar-refractivity contribution in [2.75, 3.05) is 4.90 Å². The average molecular weight is 413 g/mol. The van der Waals surface area contributed by atoms with Crippen LogP contribution in [-0.4, -0.2) is 37.8 Å². The summed E-state index contributed by atoms with van der Waals surface area (Å²) in [7, 11) is 0. The van der Waals surface area contributed by atoms with Crippen LogP contribution >= 0.6 is 15.9 Å². The molecular weight excluding hydrogens is 392 g/mol. The van der Waals surface area contributed by atoms with Crippen molar-refractivity contribution in [2.45, 2.75) is 52.7 Å². The molecule has 0 aliphatic rings. The van der Waals surface area contributed by atoms with Crippen molar-refractivity contribution in [3.05, 3.63) is 23.2 Å². The third-order valence-electron chi connectivity index (χ3n) is 2.69. The molecule has 2 rings (SSSR count). The molecule has 0 aromatic carbocycles. The van der Waals surface area contributed by atoms with Crippen molar-refractivity contribution < 1.29 is 19.1 Å². The number of imidazole rings is 1. The number of anilines is 1. The maximum absolute atomic E-state index is 12.7. The molecule has 0 saturated heterocycles. The van der Waals surface area contributed by atoms with Gasteiger partial charge in [0.05, 0.1) is 0 Å². The van der Waals surface area contributed by atoms with Gasteiger partial charge < -0.3 is 13.9 Å². The highest BCUT2D eigenvalue weighted by Crippen LogP contribution is 2.25. The van der Waals surface area contributed by atoms with E-state index in [1.807, 2.05) is 0 Å². The summed E-state index contributed by atoms with van der Waals surface area (Å²) in [4.78, 5) is 34.5. The van der Waals surface area contributed by atoms with Crippen LogP contribution in [0.5, 0.6) is 0 Å². The minimum atomic E-state index is -0.891. The number of rotatable bonds is 1. The van der Waals surface area contributed by atoms with Crippen LogP contribution in [0.1, 0.15) is 41.5 Å². The Bertz CT molecular complexity index is 777. The van der Waals surface area contributed by atoms with E-state index in [1.165, 1.54) is 6.20 Å². The Hall–Kier alpha value is -2.16. The first kappa shape index (κ1) is 19.2. The van der Waals surface area contributed by atoms with Gasteiger partial charge in [-0.1, -0.05) is 0 Å². The molecule has 0 unspecified atom stereocenters. The van der Waals surface area contributed by atoms with Gasteiger partial charge >= 0.3 is 12.2 Å². The number of fused-ring (bicyclic) bond motifs is 1. The molecule has 2 aromatic rings. The molecule has 0 bridgehead atoms. The van der Waals surface area contributed by atoms with E-state index in [1.54, 1.807) is 58.3 Å². The summed E-state index contributed by atoms with van der Waals surface area (Å²) in [6, 6.07) is 0. The molecule has 2 heterocycles. The van der Waals surface area contributed by atoms with E-state index in [4.69, 9.17) is 9.47 Å². The van der Waals surface area contributed by atoms with E-state index >= 15 is 0 Å². The highest BCUT2D eigenvalue weighted by molar-refractivity contribution is 9.10. The van der Waals surface area contributed by atoms with Crippen LogP contribution in [0.2, 0.25) is 0 Å². The van der Waals surface area contributed by atoms with Gasteiger partial charge in [0.25, 0.3) is 0 Å². The highest BCUT2D eigenvalue weighted by Gasteiger charge is 2.35. The fourth-order valence-electron chi connectivity index (χ4n) is 1.90. The van der Waals surface area contributed by atoms with Crippen molar-refractivity contribution in [3.8, 4) is 0 Å². The smallest absolute Gasteiger partial charge is 0.425 e. The zero-order chi connectivity index (χ0) is 19.0. The lowest BCUT2D eigenvalue weighted by atomic mass is 10.2. The lowest BCUT2D eigenvalue weighted by Crippen LogP contribution is -2.44.